The second-order valence-corrected chi connectivity index (χ2v) is 12.6. The maximum absolute atomic E-state index is 12.3. The lowest BCUT2D eigenvalue weighted by Gasteiger charge is -2.37. The summed E-state index contributed by atoms with van der Waals surface area (Å²) >= 11 is 0. The molecule has 7 heteroatoms. The van der Waals surface area contributed by atoms with Gasteiger partial charge in [-0.1, -0.05) is 20.8 Å². The fourth-order valence-corrected chi connectivity index (χ4v) is 3.70. The van der Waals surface area contributed by atoms with E-state index < -0.39 is 20.3 Å². The number of hydrogen-bond acceptors (Lipinski definition) is 5. The summed E-state index contributed by atoms with van der Waals surface area (Å²) in [6.45, 7) is 12.3. The van der Waals surface area contributed by atoms with Gasteiger partial charge in [0.05, 0.1) is 13.5 Å². The van der Waals surface area contributed by atoms with Crippen LogP contribution in [0, 0.1) is 6.92 Å². The minimum Gasteiger partial charge on any atom is -0.543 e. The first-order valence-electron chi connectivity index (χ1n) is 8.21. The number of carboxylic acid groups (broad SMARTS) is 1. The topological polar surface area (TPSA) is 82.1 Å². The standard InChI is InChI=1S/C18H26O6Si/c1-10-12-9-23-17(21)14(12)16(24-25(6,7)18(2,3)4)11(8-13(19)20)15(10)22-5/h8-9H2,1-7H3,(H,19,20). The van der Waals surface area contributed by atoms with Crippen molar-refractivity contribution >= 4 is 20.3 Å². The van der Waals surface area contributed by atoms with Crippen molar-refractivity contribution in [1.82, 2.24) is 0 Å². The molecule has 1 aromatic rings. The Kier molecular flexibility index (Phi) is 4.92. The third-order valence-corrected chi connectivity index (χ3v) is 9.44. The molecule has 1 aromatic carbocycles. The van der Waals surface area contributed by atoms with Gasteiger partial charge in [0.25, 0.3) is 8.32 Å². The van der Waals surface area contributed by atoms with E-state index in [0.29, 0.717) is 28.2 Å². The van der Waals surface area contributed by atoms with Crippen molar-refractivity contribution in [2.24, 2.45) is 0 Å². The van der Waals surface area contributed by atoms with E-state index in [2.05, 4.69) is 33.9 Å². The van der Waals surface area contributed by atoms with E-state index in [1.54, 1.807) is 6.92 Å². The molecule has 0 aromatic heterocycles. The Labute approximate surface area is 149 Å². The Morgan fingerprint density at radius 3 is 2.36 bits per heavy atom. The number of rotatable bonds is 5. The van der Waals surface area contributed by atoms with E-state index in [1.165, 1.54) is 7.11 Å². The molecule has 138 valence electrons. The monoisotopic (exact) mass is 366 g/mol. The van der Waals surface area contributed by atoms with Gasteiger partial charge in [-0.3, -0.25) is 4.79 Å². The number of esters is 1. The molecule has 0 radical (unpaired) electrons. The Morgan fingerprint density at radius 1 is 1.28 bits per heavy atom. The lowest BCUT2D eigenvalue weighted by Crippen LogP contribution is -2.44. The average molecular weight is 366 g/mol. The van der Waals surface area contributed by atoms with Crippen LogP contribution >= 0.6 is 0 Å². The summed E-state index contributed by atoms with van der Waals surface area (Å²) in [4.78, 5) is 23.8. The Morgan fingerprint density at radius 2 is 1.88 bits per heavy atom. The first kappa shape index (κ1) is 19.3. The van der Waals surface area contributed by atoms with Crippen LogP contribution in [-0.2, 0) is 22.6 Å². The molecule has 1 aliphatic rings. The highest BCUT2D eigenvalue weighted by Gasteiger charge is 2.42. The van der Waals surface area contributed by atoms with Gasteiger partial charge in [-0.25, -0.2) is 4.79 Å². The first-order valence-corrected chi connectivity index (χ1v) is 11.1. The molecule has 25 heavy (non-hydrogen) atoms. The van der Waals surface area contributed by atoms with E-state index in [-0.39, 0.29) is 18.1 Å². The van der Waals surface area contributed by atoms with Crippen molar-refractivity contribution in [1.29, 1.82) is 0 Å². The summed E-state index contributed by atoms with van der Waals surface area (Å²) in [6, 6.07) is 0. The van der Waals surface area contributed by atoms with E-state index >= 15 is 0 Å². The van der Waals surface area contributed by atoms with E-state index in [4.69, 9.17) is 13.9 Å². The Bertz CT molecular complexity index is 730. The highest BCUT2D eigenvalue weighted by atomic mass is 28.4. The summed E-state index contributed by atoms with van der Waals surface area (Å²) in [7, 11) is -0.816. The largest absolute Gasteiger partial charge is 0.543 e. The van der Waals surface area contributed by atoms with Crippen LogP contribution in [0.4, 0.5) is 0 Å². The number of benzene rings is 1. The normalized spacial score (nSPS) is 14.1. The lowest BCUT2D eigenvalue weighted by atomic mass is 9.95. The molecule has 0 bridgehead atoms. The molecule has 1 aliphatic heterocycles. The fraction of sp³-hybridized carbons (Fsp3) is 0.556. The van der Waals surface area contributed by atoms with Crippen LogP contribution in [0.25, 0.3) is 0 Å². The second-order valence-electron chi connectivity index (χ2n) is 7.83. The Balaban J connectivity index is 2.77. The molecule has 0 saturated carbocycles. The van der Waals surface area contributed by atoms with Crippen molar-refractivity contribution in [2.75, 3.05) is 7.11 Å². The van der Waals surface area contributed by atoms with Crippen LogP contribution in [0.2, 0.25) is 18.1 Å². The molecule has 0 amide bonds. The Hall–Kier alpha value is -2.02. The number of aliphatic carboxylic acids is 1. The van der Waals surface area contributed by atoms with Crippen LogP contribution in [0.5, 0.6) is 11.5 Å². The first-order chi connectivity index (χ1) is 11.4. The van der Waals surface area contributed by atoms with Crippen LogP contribution in [-0.4, -0.2) is 32.5 Å². The predicted octanol–water partition coefficient (Wildman–Crippen LogP) is 3.69. The minimum atomic E-state index is -2.31. The van der Waals surface area contributed by atoms with Crippen molar-refractivity contribution in [2.45, 2.75) is 58.9 Å². The average Bonchev–Trinajstić information content (AvgIpc) is 2.84. The van der Waals surface area contributed by atoms with Gasteiger partial charge in [0.15, 0.2) is 0 Å². The van der Waals surface area contributed by atoms with Crippen molar-refractivity contribution < 1.29 is 28.6 Å². The van der Waals surface area contributed by atoms with Gasteiger partial charge >= 0.3 is 11.9 Å². The van der Waals surface area contributed by atoms with Crippen LogP contribution in [0.1, 0.15) is 47.8 Å². The van der Waals surface area contributed by atoms with Gasteiger partial charge in [0, 0.05) is 11.1 Å². The third kappa shape index (κ3) is 3.38. The predicted molar refractivity (Wildman–Crippen MR) is 96.0 cm³/mol. The molecule has 0 atom stereocenters. The van der Waals surface area contributed by atoms with Gasteiger partial charge in [0.2, 0.25) is 0 Å². The number of carbonyl (C=O) groups excluding carboxylic acids is 1. The van der Waals surface area contributed by atoms with Gasteiger partial charge in [-0.05, 0) is 30.6 Å². The fourth-order valence-electron chi connectivity index (χ4n) is 2.66. The number of carbonyl (C=O) groups is 2. The molecular formula is C18H26O6Si. The molecule has 0 spiro atoms. The molecule has 0 fully saturated rings. The third-order valence-electron chi connectivity index (χ3n) is 5.12. The highest BCUT2D eigenvalue weighted by Crippen LogP contribution is 2.46. The number of hydrogen-bond donors (Lipinski definition) is 1. The molecule has 0 saturated heterocycles. The number of methoxy groups -OCH3 is 1. The quantitative estimate of drug-likeness (QED) is 0.632. The number of carboxylic acids is 1. The maximum atomic E-state index is 12.3. The zero-order valence-corrected chi connectivity index (χ0v) is 16.9. The zero-order chi connectivity index (χ0) is 19.2. The summed E-state index contributed by atoms with van der Waals surface area (Å²) in [5, 5.41) is 9.25. The minimum absolute atomic E-state index is 0.110. The smallest absolute Gasteiger partial charge is 0.342 e. The SMILES string of the molecule is COc1c(C)c2c(c(O[Si](C)(C)C(C)(C)C)c1CC(=O)O)C(=O)OC2. The maximum Gasteiger partial charge on any atom is 0.342 e. The molecule has 6 nitrogen and oxygen atoms in total. The van der Waals surface area contributed by atoms with Crippen molar-refractivity contribution in [3.63, 3.8) is 0 Å². The van der Waals surface area contributed by atoms with Gasteiger partial charge in [0.1, 0.15) is 23.7 Å². The summed E-state index contributed by atoms with van der Waals surface area (Å²) in [6.07, 6.45) is -0.283. The van der Waals surface area contributed by atoms with E-state index in [0.717, 1.165) is 5.56 Å². The van der Waals surface area contributed by atoms with Crippen LogP contribution < -0.4 is 9.16 Å². The van der Waals surface area contributed by atoms with E-state index in [9.17, 15) is 14.7 Å². The molecular weight excluding hydrogens is 340 g/mol. The van der Waals surface area contributed by atoms with Gasteiger partial charge in [-0.15, -0.1) is 0 Å². The van der Waals surface area contributed by atoms with Gasteiger partial charge < -0.3 is 19.0 Å². The van der Waals surface area contributed by atoms with E-state index in [1.807, 2.05) is 0 Å². The summed E-state index contributed by atoms with van der Waals surface area (Å²) in [5.41, 5.74) is 2.18. The highest BCUT2D eigenvalue weighted by molar-refractivity contribution is 6.74. The van der Waals surface area contributed by atoms with Gasteiger partial charge in [-0.2, -0.15) is 0 Å². The van der Waals surface area contributed by atoms with Crippen LogP contribution in [0.3, 0.4) is 0 Å². The zero-order valence-electron chi connectivity index (χ0n) is 15.9. The number of ether oxygens (including phenoxy) is 2. The molecule has 0 aliphatic carbocycles. The second kappa shape index (κ2) is 6.37. The number of fused-ring (bicyclic) bond motifs is 1. The molecule has 1 N–H and O–H groups in total. The lowest BCUT2D eigenvalue weighted by molar-refractivity contribution is -0.136. The summed E-state index contributed by atoms with van der Waals surface area (Å²) in [5.74, 6) is -0.715. The summed E-state index contributed by atoms with van der Waals surface area (Å²) < 4.78 is 17.1. The van der Waals surface area contributed by atoms with Crippen molar-refractivity contribution in [3.05, 3.63) is 22.3 Å². The molecule has 1 heterocycles. The van der Waals surface area contributed by atoms with Crippen LogP contribution in [0.15, 0.2) is 0 Å². The molecule has 0 unspecified atom stereocenters. The number of cyclic esters (lactones) is 1. The molecule has 2 rings (SSSR count). The van der Waals surface area contributed by atoms with Crippen molar-refractivity contribution in [3.8, 4) is 11.5 Å².